The molecule has 0 aromatic heterocycles. The normalized spacial score (nSPS) is 12.0. The van der Waals surface area contributed by atoms with Gasteiger partial charge in [-0.3, -0.25) is 4.79 Å². The first kappa shape index (κ1) is 13.8. The van der Waals surface area contributed by atoms with Crippen LogP contribution in [-0.4, -0.2) is 42.2 Å². The van der Waals surface area contributed by atoms with Gasteiger partial charge in [-0.15, -0.1) is 0 Å². The quantitative estimate of drug-likeness (QED) is 0.871. The molecule has 1 aromatic rings. The fourth-order valence-electron chi connectivity index (χ4n) is 1.37. The lowest BCUT2D eigenvalue weighted by molar-refractivity contribution is -0.137. The molecule has 0 fully saturated rings. The maximum Gasteiger partial charge on any atom is 0.263 e. The number of aliphatic hydroxyl groups is 1. The summed E-state index contributed by atoms with van der Waals surface area (Å²) in [6.07, 6.45) is -0.606. The smallest absolute Gasteiger partial charge is 0.263 e. The Morgan fingerprint density at radius 3 is 2.88 bits per heavy atom. The van der Waals surface area contributed by atoms with Crippen molar-refractivity contribution in [2.75, 3.05) is 20.2 Å². The first-order chi connectivity index (χ1) is 8.04. The first-order valence-electron chi connectivity index (χ1n) is 5.32. The van der Waals surface area contributed by atoms with Crippen LogP contribution in [0.2, 0.25) is 5.02 Å². The second kappa shape index (κ2) is 6.47. The Labute approximate surface area is 106 Å². The van der Waals surface area contributed by atoms with Crippen LogP contribution in [0, 0.1) is 0 Å². The van der Waals surface area contributed by atoms with E-state index in [9.17, 15) is 4.79 Å². The molecule has 0 bridgehead atoms. The summed E-state index contributed by atoms with van der Waals surface area (Å²) < 4.78 is 5.47. The highest BCUT2D eigenvalue weighted by atomic mass is 35.5. The van der Waals surface area contributed by atoms with E-state index in [2.05, 4.69) is 0 Å². The standard InChI is InChI=1S/C12H16ClNO3/c1-9(12(16)14(2)6-7-15)17-11-5-3-4-10(13)8-11/h3-5,8-9,15H,6-7H2,1-2H3. The Balaban J connectivity index is 2.59. The zero-order valence-corrected chi connectivity index (χ0v) is 10.6. The Morgan fingerprint density at radius 2 is 2.29 bits per heavy atom. The third kappa shape index (κ3) is 4.24. The SMILES string of the molecule is CC(Oc1cccc(Cl)c1)C(=O)N(C)CCO. The number of aliphatic hydroxyl groups excluding tert-OH is 1. The molecule has 0 heterocycles. The zero-order valence-electron chi connectivity index (χ0n) is 9.89. The molecular formula is C12H16ClNO3. The number of hydrogen-bond acceptors (Lipinski definition) is 3. The zero-order chi connectivity index (χ0) is 12.8. The number of amides is 1. The maximum absolute atomic E-state index is 11.8. The van der Waals surface area contributed by atoms with Gasteiger partial charge in [0, 0.05) is 18.6 Å². The monoisotopic (exact) mass is 257 g/mol. The average molecular weight is 258 g/mol. The molecule has 17 heavy (non-hydrogen) atoms. The predicted octanol–water partition coefficient (Wildman–Crippen LogP) is 1.56. The Bertz CT molecular complexity index is 384. The van der Waals surface area contributed by atoms with Crippen molar-refractivity contribution < 1.29 is 14.6 Å². The van der Waals surface area contributed by atoms with Gasteiger partial charge in [0.15, 0.2) is 6.10 Å². The molecule has 1 N–H and O–H groups in total. The summed E-state index contributed by atoms with van der Waals surface area (Å²) >= 11 is 5.81. The van der Waals surface area contributed by atoms with Crippen molar-refractivity contribution in [3.05, 3.63) is 29.3 Å². The van der Waals surface area contributed by atoms with Crippen molar-refractivity contribution in [2.45, 2.75) is 13.0 Å². The van der Waals surface area contributed by atoms with Crippen molar-refractivity contribution in [3.8, 4) is 5.75 Å². The molecule has 0 saturated carbocycles. The highest BCUT2D eigenvalue weighted by molar-refractivity contribution is 6.30. The Kier molecular flexibility index (Phi) is 5.25. The van der Waals surface area contributed by atoms with E-state index in [1.807, 2.05) is 0 Å². The second-order valence-corrected chi connectivity index (χ2v) is 4.14. The minimum absolute atomic E-state index is 0.0634. The van der Waals surface area contributed by atoms with Crippen LogP contribution in [0.3, 0.4) is 0 Å². The molecule has 0 saturated heterocycles. The molecule has 4 nitrogen and oxygen atoms in total. The van der Waals surface area contributed by atoms with Gasteiger partial charge in [0.1, 0.15) is 5.75 Å². The molecule has 1 amide bonds. The van der Waals surface area contributed by atoms with Crippen molar-refractivity contribution in [2.24, 2.45) is 0 Å². The van der Waals surface area contributed by atoms with Gasteiger partial charge in [-0.05, 0) is 25.1 Å². The second-order valence-electron chi connectivity index (χ2n) is 3.70. The fraction of sp³-hybridized carbons (Fsp3) is 0.417. The van der Waals surface area contributed by atoms with E-state index >= 15 is 0 Å². The van der Waals surface area contributed by atoms with Crippen molar-refractivity contribution in [1.29, 1.82) is 0 Å². The van der Waals surface area contributed by atoms with Gasteiger partial charge >= 0.3 is 0 Å². The van der Waals surface area contributed by atoms with E-state index in [1.165, 1.54) is 4.90 Å². The van der Waals surface area contributed by atoms with Crippen LogP contribution < -0.4 is 4.74 Å². The summed E-state index contributed by atoms with van der Waals surface area (Å²) in [4.78, 5) is 13.2. The van der Waals surface area contributed by atoms with Crippen molar-refractivity contribution in [1.82, 2.24) is 4.90 Å². The van der Waals surface area contributed by atoms with Crippen molar-refractivity contribution >= 4 is 17.5 Å². The summed E-state index contributed by atoms with van der Waals surface area (Å²) in [5.41, 5.74) is 0. The molecule has 0 aliphatic heterocycles. The molecule has 0 aliphatic rings. The van der Waals surface area contributed by atoms with Crippen LogP contribution >= 0.6 is 11.6 Å². The van der Waals surface area contributed by atoms with Gasteiger partial charge in [0.25, 0.3) is 5.91 Å². The van der Waals surface area contributed by atoms with Crippen LogP contribution in [0.1, 0.15) is 6.92 Å². The summed E-state index contributed by atoms with van der Waals surface area (Å²) in [7, 11) is 1.62. The largest absolute Gasteiger partial charge is 0.481 e. The summed E-state index contributed by atoms with van der Waals surface area (Å²) in [5, 5.41) is 9.30. The first-order valence-corrected chi connectivity index (χ1v) is 5.70. The van der Waals surface area contributed by atoms with Crippen LogP contribution in [0.4, 0.5) is 0 Å². The van der Waals surface area contributed by atoms with Gasteiger partial charge in [0.05, 0.1) is 6.61 Å². The van der Waals surface area contributed by atoms with Gasteiger partial charge in [-0.25, -0.2) is 0 Å². The lowest BCUT2D eigenvalue weighted by atomic mass is 10.3. The third-order valence-electron chi connectivity index (χ3n) is 2.27. The number of rotatable bonds is 5. The third-order valence-corrected chi connectivity index (χ3v) is 2.50. The topological polar surface area (TPSA) is 49.8 Å². The lowest BCUT2D eigenvalue weighted by Gasteiger charge is -2.21. The van der Waals surface area contributed by atoms with Crippen LogP contribution in [0.5, 0.6) is 5.75 Å². The molecule has 0 radical (unpaired) electrons. The number of carbonyl (C=O) groups is 1. The predicted molar refractivity (Wildman–Crippen MR) is 66.3 cm³/mol. The number of carbonyl (C=O) groups excluding carboxylic acids is 1. The van der Waals surface area contributed by atoms with Gasteiger partial charge in [0.2, 0.25) is 0 Å². The fourth-order valence-corrected chi connectivity index (χ4v) is 1.55. The van der Waals surface area contributed by atoms with E-state index in [-0.39, 0.29) is 12.5 Å². The van der Waals surface area contributed by atoms with Gasteiger partial charge in [-0.2, -0.15) is 0 Å². The van der Waals surface area contributed by atoms with E-state index in [0.29, 0.717) is 17.3 Å². The number of halogens is 1. The number of nitrogens with zero attached hydrogens (tertiary/aromatic N) is 1. The molecule has 1 aromatic carbocycles. The van der Waals surface area contributed by atoms with E-state index in [1.54, 1.807) is 38.2 Å². The number of likely N-dealkylation sites (N-methyl/N-ethyl adjacent to an activating group) is 1. The lowest BCUT2D eigenvalue weighted by Crippen LogP contribution is -2.39. The van der Waals surface area contributed by atoms with Crippen LogP contribution in [-0.2, 0) is 4.79 Å². The molecule has 1 rings (SSSR count). The molecule has 0 spiro atoms. The molecular weight excluding hydrogens is 242 g/mol. The van der Waals surface area contributed by atoms with Gasteiger partial charge in [-0.1, -0.05) is 17.7 Å². The molecule has 94 valence electrons. The summed E-state index contributed by atoms with van der Waals surface area (Å²) in [6.45, 7) is 1.89. The Hall–Kier alpha value is -1.26. The molecule has 0 aliphatic carbocycles. The maximum atomic E-state index is 11.8. The van der Waals surface area contributed by atoms with E-state index in [0.717, 1.165) is 0 Å². The number of hydrogen-bond donors (Lipinski definition) is 1. The molecule has 1 unspecified atom stereocenters. The highest BCUT2D eigenvalue weighted by Gasteiger charge is 2.18. The molecule has 1 atom stereocenters. The number of ether oxygens (including phenoxy) is 1. The highest BCUT2D eigenvalue weighted by Crippen LogP contribution is 2.18. The minimum atomic E-state index is -0.606. The van der Waals surface area contributed by atoms with Gasteiger partial charge < -0.3 is 14.7 Å². The molecule has 5 heteroatoms. The van der Waals surface area contributed by atoms with Crippen LogP contribution in [0.25, 0.3) is 0 Å². The van der Waals surface area contributed by atoms with Crippen molar-refractivity contribution in [3.63, 3.8) is 0 Å². The Morgan fingerprint density at radius 1 is 1.59 bits per heavy atom. The van der Waals surface area contributed by atoms with Crippen LogP contribution in [0.15, 0.2) is 24.3 Å². The average Bonchev–Trinajstić information content (AvgIpc) is 2.28. The minimum Gasteiger partial charge on any atom is -0.481 e. The number of benzene rings is 1. The summed E-state index contributed by atoms with van der Waals surface area (Å²) in [6, 6.07) is 6.88. The van der Waals surface area contributed by atoms with E-state index < -0.39 is 6.10 Å². The summed E-state index contributed by atoms with van der Waals surface area (Å²) in [5.74, 6) is 0.370. The van der Waals surface area contributed by atoms with E-state index in [4.69, 9.17) is 21.4 Å².